The van der Waals surface area contributed by atoms with Gasteiger partial charge in [0, 0.05) is 0 Å². The van der Waals surface area contributed by atoms with Crippen LogP contribution in [-0.4, -0.2) is 13.1 Å². The molecule has 0 aromatic rings. The third kappa shape index (κ3) is 23.1. The molecular formula is C31H65N. The van der Waals surface area contributed by atoms with Crippen molar-refractivity contribution in [3.05, 3.63) is 0 Å². The number of nitrogens with one attached hydrogen (secondary N) is 1. The second-order valence-electron chi connectivity index (χ2n) is 10.8. The van der Waals surface area contributed by atoms with E-state index in [9.17, 15) is 0 Å². The molecule has 0 fully saturated rings. The second kappa shape index (κ2) is 27.2. The molecule has 0 spiro atoms. The monoisotopic (exact) mass is 452 g/mol. The average molecular weight is 452 g/mol. The Kier molecular flexibility index (Phi) is 27.2. The van der Waals surface area contributed by atoms with Gasteiger partial charge in [-0.3, -0.25) is 0 Å². The smallest absolute Gasteiger partial charge is 0.00205 e. The van der Waals surface area contributed by atoms with Crippen molar-refractivity contribution < 1.29 is 0 Å². The highest BCUT2D eigenvalue weighted by molar-refractivity contribution is 4.64. The topological polar surface area (TPSA) is 12.0 Å². The fourth-order valence-corrected chi connectivity index (χ4v) is 5.28. The molecule has 0 saturated carbocycles. The van der Waals surface area contributed by atoms with Crippen molar-refractivity contribution in [2.45, 2.75) is 175 Å². The quantitative estimate of drug-likeness (QED) is 0.122. The fourth-order valence-electron chi connectivity index (χ4n) is 5.28. The summed E-state index contributed by atoms with van der Waals surface area (Å²) in [5.41, 5.74) is 0. The lowest BCUT2D eigenvalue weighted by atomic mass is 9.91. The number of hydrogen-bond acceptors (Lipinski definition) is 1. The summed E-state index contributed by atoms with van der Waals surface area (Å²) in [5, 5.41) is 3.80. The molecule has 0 saturated heterocycles. The summed E-state index contributed by atoms with van der Waals surface area (Å²) in [5.74, 6) is 1.95. The van der Waals surface area contributed by atoms with Crippen LogP contribution in [0, 0.1) is 11.8 Å². The molecule has 0 heterocycles. The first-order valence-corrected chi connectivity index (χ1v) is 15.5. The SMILES string of the molecule is CCCCCCC(CCC)CCCCCCCCCNCC(CCCC)CCCCCC. The van der Waals surface area contributed by atoms with E-state index >= 15 is 0 Å². The maximum Gasteiger partial charge on any atom is -0.00205 e. The highest BCUT2D eigenvalue weighted by Gasteiger charge is 2.08. The molecule has 0 rings (SSSR count). The first-order chi connectivity index (χ1) is 15.8. The molecular weight excluding hydrogens is 386 g/mol. The van der Waals surface area contributed by atoms with Crippen LogP contribution < -0.4 is 5.32 Å². The van der Waals surface area contributed by atoms with E-state index < -0.39 is 0 Å². The van der Waals surface area contributed by atoms with E-state index in [-0.39, 0.29) is 0 Å². The summed E-state index contributed by atoms with van der Waals surface area (Å²) >= 11 is 0. The lowest BCUT2D eigenvalue weighted by molar-refractivity contribution is 0.377. The Balaban J connectivity index is 3.58. The Hall–Kier alpha value is -0.0400. The van der Waals surface area contributed by atoms with Crippen LogP contribution in [-0.2, 0) is 0 Å². The Labute approximate surface area is 205 Å². The van der Waals surface area contributed by atoms with E-state index in [1.807, 2.05) is 0 Å². The van der Waals surface area contributed by atoms with Gasteiger partial charge in [-0.05, 0) is 44.2 Å². The molecule has 0 aliphatic carbocycles. The van der Waals surface area contributed by atoms with E-state index in [2.05, 4.69) is 33.0 Å². The third-order valence-electron chi connectivity index (χ3n) is 7.49. The Bertz CT molecular complexity index is 326. The second-order valence-corrected chi connectivity index (χ2v) is 10.8. The number of unbranched alkanes of at least 4 members (excludes halogenated alkanes) is 13. The normalized spacial score (nSPS) is 13.5. The van der Waals surface area contributed by atoms with Gasteiger partial charge in [-0.25, -0.2) is 0 Å². The van der Waals surface area contributed by atoms with Gasteiger partial charge in [0.2, 0.25) is 0 Å². The van der Waals surface area contributed by atoms with Gasteiger partial charge >= 0.3 is 0 Å². The van der Waals surface area contributed by atoms with Crippen LogP contribution in [0.2, 0.25) is 0 Å². The van der Waals surface area contributed by atoms with E-state index in [1.165, 1.54) is 161 Å². The fraction of sp³-hybridized carbons (Fsp3) is 1.00. The predicted octanol–water partition coefficient (Wildman–Crippen LogP) is 10.9. The highest BCUT2D eigenvalue weighted by atomic mass is 14.8. The molecule has 32 heavy (non-hydrogen) atoms. The molecule has 0 radical (unpaired) electrons. The first kappa shape index (κ1) is 32.0. The van der Waals surface area contributed by atoms with Crippen LogP contribution in [0.5, 0.6) is 0 Å². The van der Waals surface area contributed by atoms with E-state index in [4.69, 9.17) is 0 Å². The molecule has 2 atom stereocenters. The molecule has 0 aromatic heterocycles. The van der Waals surface area contributed by atoms with Gasteiger partial charge in [-0.15, -0.1) is 0 Å². The molecule has 194 valence electrons. The summed E-state index contributed by atoms with van der Waals surface area (Å²) in [6, 6.07) is 0. The molecule has 0 bridgehead atoms. The molecule has 0 aliphatic rings. The van der Waals surface area contributed by atoms with Crippen molar-refractivity contribution in [2.75, 3.05) is 13.1 Å². The van der Waals surface area contributed by atoms with Crippen molar-refractivity contribution in [1.82, 2.24) is 5.32 Å². The van der Waals surface area contributed by atoms with Crippen molar-refractivity contribution >= 4 is 0 Å². The largest absolute Gasteiger partial charge is 0.316 e. The number of rotatable bonds is 27. The maximum atomic E-state index is 3.80. The molecule has 0 amide bonds. The van der Waals surface area contributed by atoms with Crippen molar-refractivity contribution in [2.24, 2.45) is 11.8 Å². The van der Waals surface area contributed by atoms with Crippen LogP contribution in [0.15, 0.2) is 0 Å². The minimum atomic E-state index is 0.926. The molecule has 0 aromatic carbocycles. The summed E-state index contributed by atoms with van der Waals surface area (Å²) in [7, 11) is 0. The van der Waals surface area contributed by atoms with Gasteiger partial charge < -0.3 is 5.32 Å². The average Bonchev–Trinajstić information content (AvgIpc) is 2.80. The van der Waals surface area contributed by atoms with Crippen LogP contribution in [0.25, 0.3) is 0 Å². The molecule has 1 heteroatoms. The van der Waals surface area contributed by atoms with Crippen molar-refractivity contribution in [3.8, 4) is 0 Å². The number of hydrogen-bond donors (Lipinski definition) is 1. The zero-order valence-corrected chi connectivity index (χ0v) is 23.3. The predicted molar refractivity (Wildman–Crippen MR) is 149 cm³/mol. The van der Waals surface area contributed by atoms with Crippen molar-refractivity contribution in [3.63, 3.8) is 0 Å². The van der Waals surface area contributed by atoms with Gasteiger partial charge in [0.1, 0.15) is 0 Å². The maximum absolute atomic E-state index is 3.80. The van der Waals surface area contributed by atoms with E-state index in [0.29, 0.717) is 0 Å². The summed E-state index contributed by atoms with van der Waals surface area (Å²) < 4.78 is 0. The zero-order valence-electron chi connectivity index (χ0n) is 23.3. The Morgan fingerprint density at radius 3 is 1.34 bits per heavy atom. The van der Waals surface area contributed by atoms with Crippen LogP contribution >= 0.6 is 0 Å². The van der Waals surface area contributed by atoms with E-state index in [0.717, 1.165) is 11.8 Å². The minimum absolute atomic E-state index is 0.926. The molecule has 1 nitrogen and oxygen atoms in total. The highest BCUT2D eigenvalue weighted by Crippen LogP contribution is 2.23. The van der Waals surface area contributed by atoms with Gasteiger partial charge in [0.05, 0.1) is 0 Å². The van der Waals surface area contributed by atoms with Crippen LogP contribution in [0.4, 0.5) is 0 Å². The minimum Gasteiger partial charge on any atom is -0.316 e. The first-order valence-electron chi connectivity index (χ1n) is 15.5. The summed E-state index contributed by atoms with van der Waals surface area (Å²) in [6.07, 6.45) is 33.1. The van der Waals surface area contributed by atoms with Crippen molar-refractivity contribution in [1.29, 1.82) is 0 Å². The van der Waals surface area contributed by atoms with Gasteiger partial charge in [0.15, 0.2) is 0 Å². The summed E-state index contributed by atoms with van der Waals surface area (Å²) in [4.78, 5) is 0. The van der Waals surface area contributed by atoms with Gasteiger partial charge in [-0.2, -0.15) is 0 Å². The molecule has 2 unspecified atom stereocenters. The molecule has 0 aliphatic heterocycles. The standard InChI is InChI=1S/C31H65N/c1-5-9-12-19-25-30(23-8-4)26-21-17-15-14-16-18-22-28-32-29-31(24-11-7-3)27-20-13-10-6-2/h30-32H,5-29H2,1-4H3. The van der Waals surface area contributed by atoms with E-state index in [1.54, 1.807) is 0 Å². The lowest BCUT2D eigenvalue weighted by Gasteiger charge is -2.17. The summed E-state index contributed by atoms with van der Waals surface area (Å²) in [6.45, 7) is 11.8. The van der Waals surface area contributed by atoms with Gasteiger partial charge in [-0.1, -0.05) is 156 Å². The zero-order chi connectivity index (χ0) is 23.5. The molecule has 1 N–H and O–H groups in total. The van der Waals surface area contributed by atoms with Gasteiger partial charge in [0.25, 0.3) is 0 Å². The lowest BCUT2D eigenvalue weighted by Crippen LogP contribution is -2.24. The van der Waals surface area contributed by atoms with Crippen LogP contribution in [0.1, 0.15) is 175 Å². The third-order valence-corrected chi connectivity index (χ3v) is 7.49. The Morgan fingerprint density at radius 2 is 0.812 bits per heavy atom. The Morgan fingerprint density at radius 1 is 0.375 bits per heavy atom. The van der Waals surface area contributed by atoms with Crippen LogP contribution in [0.3, 0.4) is 0 Å².